The minimum Gasteiger partial charge on any atom is -0.333 e. The second kappa shape index (κ2) is 3.26. The zero-order chi connectivity index (χ0) is 13.4. The summed E-state index contributed by atoms with van der Waals surface area (Å²) in [6.45, 7) is 0. The summed E-state index contributed by atoms with van der Waals surface area (Å²) in [6.07, 6.45) is 0. The van der Waals surface area contributed by atoms with Crippen LogP contribution in [0, 0.1) is 0 Å². The van der Waals surface area contributed by atoms with E-state index in [1.807, 2.05) is 12.1 Å². The van der Waals surface area contributed by atoms with Gasteiger partial charge in [-0.1, -0.05) is 24.3 Å². The van der Waals surface area contributed by atoms with Crippen molar-refractivity contribution in [3.63, 3.8) is 0 Å². The molecule has 0 aromatic heterocycles. The first-order valence-corrected chi connectivity index (χ1v) is 6.97. The van der Waals surface area contributed by atoms with E-state index in [-0.39, 0.29) is 48.1 Å². The maximum atomic E-state index is 11.7. The van der Waals surface area contributed by atoms with Crippen LogP contribution in [0.25, 0.3) is 0 Å². The van der Waals surface area contributed by atoms with E-state index in [4.69, 9.17) is 0 Å². The van der Waals surface area contributed by atoms with Gasteiger partial charge in [0.25, 0.3) is 0 Å². The van der Waals surface area contributed by atoms with Crippen molar-refractivity contribution in [2.45, 2.75) is 36.0 Å². The average Bonchev–Trinajstić information content (AvgIpc) is 2.99. The fraction of sp³-hybridized carbons (Fsp3) is 0.429. The van der Waals surface area contributed by atoms with Gasteiger partial charge in [-0.3, -0.25) is 0 Å². The van der Waals surface area contributed by atoms with Crippen LogP contribution in [0.15, 0.2) is 24.3 Å². The molecule has 4 N–H and O–H groups in total. The Morgan fingerprint density at radius 3 is 1.35 bits per heavy atom. The monoisotopic (exact) mass is 270 g/mol. The highest BCUT2D eigenvalue weighted by Crippen LogP contribution is 2.51. The van der Waals surface area contributed by atoms with Crippen molar-refractivity contribution in [2.24, 2.45) is 0 Å². The van der Waals surface area contributed by atoms with Gasteiger partial charge in [-0.25, -0.2) is 9.59 Å². The van der Waals surface area contributed by atoms with Gasteiger partial charge in [-0.05, 0) is 11.1 Å². The topological polar surface area (TPSA) is 82.3 Å². The molecule has 2 aliphatic heterocycles. The molecule has 0 radical (unpaired) electrons. The Morgan fingerprint density at radius 2 is 1.00 bits per heavy atom. The van der Waals surface area contributed by atoms with E-state index < -0.39 is 0 Å². The summed E-state index contributed by atoms with van der Waals surface area (Å²) in [5.74, 6) is 0.258. The highest BCUT2D eigenvalue weighted by Gasteiger charge is 2.61. The van der Waals surface area contributed by atoms with Crippen molar-refractivity contribution >= 4 is 12.1 Å². The first-order valence-electron chi connectivity index (χ1n) is 6.97. The van der Waals surface area contributed by atoms with E-state index >= 15 is 0 Å². The molecule has 6 nitrogen and oxygen atoms in total. The van der Waals surface area contributed by atoms with Crippen LogP contribution in [0.4, 0.5) is 9.59 Å². The second-order valence-electron chi connectivity index (χ2n) is 6.02. The van der Waals surface area contributed by atoms with Crippen LogP contribution >= 0.6 is 0 Å². The molecule has 1 aromatic carbocycles. The van der Waals surface area contributed by atoms with Crippen LogP contribution in [0.3, 0.4) is 0 Å². The van der Waals surface area contributed by atoms with Crippen molar-refractivity contribution in [3.05, 3.63) is 35.4 Å². The van der Waals surface area contributed by atoms with E-state index in [0.717, 1.165) is 0 Å². The van der Waals surface area contributed by atoms with Crippen LogP contribution in [0.1, 0.15) is 23.0 Å². The van der Waals surface area contributed by atoms with Crippen LogP contribution in [0.2, 0.25) is 0 Å². The van der Waals surface area contributed by atoms with Gasteiger partial charge < -0.3 is 21.3 Å². The smallest absolute Gasteiger partial charge is 0.315 e. The molecule has 3 aliphatic carbocycles. The summed E-state index contributed by atoms with van der Waals surface area (Å²) >= 11 is 0. The van der Waals surface area contributed by atoms with Gasteiger partial charge in [0.1, 0.15) is 0 Å². The Balaban J connectivity index is 1.73. The number of amides is 4. The highest BCUT2D eigenvalue weighted by molar-refractivity contribution is 5.82. The Kier molecular flexibility index (Phi) is 1.71. The molecule has 2 saturated heterocycles. The van der Waals surface area contributed by atoms with Gasteiger partial charge in [0, 0.05) is 11.8 Å². The largest absolute Gasteiger partial charge is 0.333 e. The Bertz CT molecular complexity index is 563. The normalized spacial score (nSPS) is 42.8. The predicted octanol–water partition coefficient (Wildman–Crippen LogP) is -0.0190. The number of carbonyl (C=O) groups excluding carboxylic acids is 2. The van der Waals surface area contributed by atoms with E-state index in [0.29, 0.717) is 0 Å². The number of hydrogen-bond donors (Lipinski definition) is 4. The third-order valence-corrected chi connectivity index (χ3v) is 5.23. The lowest BCUT2D eigenvalue weighted by atomic mass is 9.58. The maximum Gasteiger partial charge on any atom is 0.315 e. The molecule has 4 unspecified atom stereocenters. The van der Waals surface area contributed by atoms with Gasteiger partial charge in [0.05, 0.1) is 24.2 Å². The number of benzene rings is 1. The molecule has 20 heavy (non-hydrogen) atoms. The fourth-order valence-corrected chi connectivity index (χ4v) is 4.64. The zero-order valence-corrected chi connectivity index (χ0v) is 10.6. The van der Waals surface area contributed by atoms with Crippen molar-refractivity contribution in [3.8, 4) is 0 Å². The summed E-state index contributed by atoms with van der Waals surface area (Å²) in [5, 5.41) is 12.1. The molecule has 6 rings (SSSR count). The molecule has 4 atom stereocenters. The molecule has 6 heteroatoms. The van der Waals surface area contributed by atoms with E-state index in [9.17, 15) is 9.59 Å². The highest BCUT2D eigenvalue weighted by atomic mass is 16.2. The van der Waals surface area contributed by atoms with Crippen molar-refractivity contribution < 1.29 is 9.59 Å². The quantitative estimate of drug-likeness (QED) is 0.534. The summed E-state index contributed by atoms with van der Waals surface area (Å²) in [5.41, 5.74) is 2.51. The number of hydrogen-bond acceptors (Lipinski definition) is 2. The molecule has 2 bridgehead atoms. The molecular formula is C14H14N4O2. The molecular weight excluding hydrogens is 256 g/mol. The minimum atomic E-state index is -0.103. The van der Waals surface area contributed by atoms with Gasteiger partial charge in [0.2, 0.25) is 0 Å². The van der Waals surface area contributed by atoms with Gasteiger partial charge >= 0.3 is 12.1 Å². The van der Waals surface area contributed by atoms with Crippen molar-refractivity contribution in [2.75, 3.05) is 0 Å². The maximum absolute atomic E-state index is 11.7. The molecule has 1 saturated carbocycles. The lowest BCUT2D eigenvalue weighted by Crippen LogP contribution is -2.64. The minimum absolute atomic E-state index is 0.0591. The van der Waals surface area contributed by atoms with Crippen LogP contribution in [-0.2, 0) is 0 Å². The molecule has 4 amide bonds. The lowest BCUT2D eigenvalue weighted by molar-refractivity contribution is 0.198. The Hall–Kier alpha value is -2.24. The number of carbonyl (C=O) groups is 2. The first-order chi connectivity index (χ1) is 9.74. The molecule has 1 aromatic rings. The fourth-order valence-electron chi connectivity index (χ4n) is 4.64. The molecule has 5 aliphatic rings. The Morgan fingerprint density at radius 1 is 0.650 bits per heavy atom. The first kappa shape index (κ1) is 10.5. The lowest BCUT2D eigenvalue weighted by Gasteiger charge is -2.51. The predicted molar refractivity (Wildman–Crippen MR) is 70.4 cm³/mol. The Labute approximate surface area is 115 Å². The molecule has 2 heterocycles. The SMILES string of the molecule is O=C1NC2C(N1)C1c3ccccc3C2C2NC(=O)NC21. The van der Waals surface area contributed by atoms with Crippen molar-refractivity contribution in [1.29, 1.82) is 0 Å². The van der Waals surface area contributed by atoms with Crippen LogP contribution < -0.4 is 21.3 Å². The molecule has 0 spiro atoms. The third-order valence-electron chi connectivity index (χ3n) is 5.23. The van der Waals surface area contributed by atoms with Crippen LogP contribution in [0.5, 0.6) is 0 Å². The second-order valence-corrected chi connectivity index (χ2v) is 6.02. The van der Waals surface area contributed by atoms with Gasteiger partial charge in [-0.15, -0.1) is 0 Å². The van der Waals surface area contributed by atoms with Gasteiger partial charge in [0.15, 0.2) is 0 Å². The van der Waals surface area contributed by atoms with E-state index in [1.54, 1.807) is 0 Å². The molecule has 3 fully saturated rings. The van der Waals surface area contributed by atoms with E-state index in [1.165, 1.54) is 11.1 Å². The summed E-state index contributed by atoms with van der Waals surface area (Å²) < 4.78 is 0. The third kappa shape index (κ3) is 1.07. The number of nitrogens with one attached hydrogen (secondary N) is 4. The van der Waals surface area contributed by atoms with Gasteiger partial charge in [-0.2, -0.15) is 0 Å². The summed E-state index contributed by atoms with van der Waals surface area (Å²) in [7, 11) is 0. The van der Waals surface area contributed by atoms with Crippen LogP contribution in [-0.4, -0.2) is 36.2 Å². The number of urea groups is 2. The molecule has 102 valence electrons. The van der Waals surface area contributed by atoms with E-state index in [2.05, 4.69) is 33.4 Å². The summed E-state index contributed by atoms with van der Waals surface area (Å²) in [4.78, 5) is 23.5. The average molecular weight is 270 g/mol. The standard InChI is InChI=1S/C14H14N4O2/c19-13-15-9-7-5-3-1-2-4-6(5)8(11(9)17-13)12-10(7)16-14(20)18-12/h1-4,7-12H,(H2,15,17,19)(H2,16,18,20). The van der Waals surface area contributed by atoms with Crippen molar-refractivity contribution in [1.82, 2.24) is 21.3 Å². The zero-order valence-electron chi connectivity index (χ0n) is 10.6. The number of rotatable bonds is 0. The summed E-state index contributed by atoms with van der Waals surface area (Å²) in [6, 6.07) is 8.32.